The van der Waals surface area contributed by atoms with Crippen molar-refractivity contribution in [2.24, 2.45) is 0 Å². The van der Waals surface area contributed by atoms with Gasteiger partial charge >= 0.3 is 0 Å². The van der Waals surface area contributed by atoms with Crippen molar-refractivity contribution in [3.63, 3.8) is 0 Å². The number of aryl methyl sites for hydroxylation is 1. The number of anilines is 1. The minimum atomic E-state index is -0.640. The molecule has 2 N–H and O–H groups in total. The molecule has 0 spiro atoms. The Hall–Kier alpha value is -2.82. The highest BCUT2D eigenvalue weighted by atomic mass is 16.5. The largest absolute Gasteiger partial charge is 0.481 e. The molecule has 0 saturated carbocycles. The summed E-state index contributed by atoms with van der Waals surface area (Å²) in [5.41, 5.74) is 2.05. The minimum Gasteiger partial charge on any atom is -0.481 e. The van der Waals surface area contributed by atoms with Gasteiger partial charge in [-0.3, -0.25) is 9.59 Å². The average Bonchev–Trinajstić information content (AvgIpc) is 2.67. The Morgan fingerprint density at radius 1 is 1.00 bits per heavy atom. The first-order valence-electron chi connectivity index (χ1n) is 9.38. The van der Waals surface area contributed by atoms with Gasteiger partial charge in [-0.15, -0.1) is 0 Å². The summed E-state index contributed by atoms with van der Waals surface area (Å²) in [6, 6.07) is 14.6. The summed E-state index contributed by atoms with van der Waals surface area (Å²) >= 11 is 0. The summed E-state index contributed by atoms with van der Waals surface area (Å²) < 4.78 is 5.82. The fourth-order valence-corrected chi connectivity index (χ4v) is 2.51. The number of benzene rings is 2. The van der Waals surface area contributed by atoms with E-state index >= 15 is 0 Å². The normalized spacial score (nSPS) is 12.7. The highest BCUT2D eigenvalue weighted by Gasteiger charge is 2.21. The number of carbonyl (C=O) groups is 2. The second-order valence-electron chi connectivity index (χ2n) is 6.65. The maximum Gasteiger partial charge on any atom is 0.265 e. The van der Waals surface area contributed by atoms with Crippen molar-refractivity contribution in [3.05, 3.63) is 59.7 Å². The summed E-state index contributed by atoms with van der Waals surface area (Å²) in [4.78, 5) is 25.2. The predicted octanol–water partition coefficient (Wildman–Crippen LogP) is 4.32. The monoisotopic (exact) mass is 368 g/mol. The van der Waals surface area contributed by atoms with Gasteiger partial charge in [0.25, 0.3) is 11.8 Å². The lowest BCUT2D eigenvalue weighted by Gasteiger charge is -2.19. The third kappa shape index (κ3) is 5.84. The van der Waals surface area contributed by atoms with Gasteiger partial charge in [0.2, 0.25) is 0 Å². The molecule has 0 aliphatic carbocycles. The number of hydrogen-bond acceptors (Lipinski definition) is 3. The molecule has 0 aliphatic rings. The van der Waals surface area contributed by atoms with E-state index in [9.17, 15) is 9.59 Å². The van der Waals surface area contributed by atoms with Crippen molar-refractivity contribution >= 4 is 17.5 Å². The maximum atomic E-state index is 12.7. The molecule has 0 aromatic heterocycles. The van der Waals surface area contributed by atoms with Crippen LogP contribution in [0.15, 0.2) is 48.5 Å². The molecule has 0 fully saturated rings. The molecule has 0 bridgehead atoms. The van der Waals surface area contributed by atoms with Crippen LogP contribution in [0.3, 0.4) is 0 Å². The van der Waals surface area contributed by atoms with E-state index in [0.29, 0.717) is 23.4 Å². The van der Waals surface area contributed by atoms with Gasteiger partial charge in [-0.1, -0.05) is 43.7 Å². The fourth-order valence-electron chi connectivity index (χ4n) is 2.51. The van der Waals surface area contributed by atoms with Gasteiger partial charge in [-0.05, 0) is 51.0 Å². The Bertz CT molecular complexity index is 771. The van der Waals surface area contributed by atoms with E-state index < -0.39 is 6.10 Å². The van der Waals surface area contributed by atoms with E-state index in [0.717, 1.165) is 12.0 Å². The SMILES string of the molecule is CC[C@H](Oc1ccc(C)cc1)C(=O)Nc1ccccc1C(=O)N[C@@H](C)CC. The van der Waals surface area contributed by atoms with Crippen molar-refractivity contribution in [2.75, 3.05) is 5.32 Å². The Balaban J connectivity index is 2.11. The van der Waals surface area contributed by atoms with Gasteiger partial charge in [0, 0.05) is 6.04 Å². The number of rotatable bonds is 8. The van der Waals surface area contributed by atoms with Gasteiger partial charge in [0.1, 0.15) is 5.75 Å². The van der Waals surface area contributed by atoms with Gasteiger partial charge < -0.3 is 15.4 Å². The molecule has 5 heteroatoms. The molecule has 2 atom stereocenters. The van der Waals surface area contributed by atoms with Crippen LogP contribution in [0.2, 0.25) is 0 Å². The van der Waals surface area contributed by atoms with Crippen molar-refractivity contribution in [1.82, 2.24) is 5.32 Å². The standard InChI is InChI=1S/C22H28N2O3/c1-5-16(4)23-21(25)18-9-7-8-10-19(18)24-22(26)20(6-2)27-17-13-11-15(3)12-14-17/h7-14,16,20H,5-6H2,1-4H3,(H,23,25)(H,24,26)/t16-,20-/m0/s1. The molecule has 0 saturated heterocycles. The van der Waals surface area contributed by atoms with Crippen molar-refractivity contribution in [3.8, 4) is 5.75 Å². The Labute approximate surface area is 161 Å². The zero-order chi connectivity index (χ0) is 19.8. The van der Waals surface area contributed by atoms with Crippen molar-refractivity contribution in [2.45, 2.75) is 52.7 Å². The highest BCUT2D eigenvalue weighted by molar-refractivity contribution is 6.04. The molecule has 2 aromatic carbocycles. The van der Waals surface area contributed by atoms with E-state index in [-0.39, 0.29) is 17.9 Å². The summed E-state index contributed by atoms with van der Waals surface area (Å²) in [6.07, 6.45) is 0.710. The molecule has 2 aromatic rings. The number of ether oxygens (including phenoxy) is 1. The first-order chi connectivity index (χ1) is 12.9. The van der Waals surface area contributed by atoms with Crippen LogP contribution in [0.25, 0.3) is 0 Å². The van der Waals surface area contributed by atoms with Crippen molar-refractivity contribution < 1.29 is 14.3 Å². The van der Waals surface area contributed by atoms with Crippen LogP contribution in [0.4, 0.5) is 5.69 Å². The Morgan fingerprint density at radius 3 is 2.30 bits per heavy atom. The second kappa shape index (κ2) is 9.76. The van der Waals surface area contributed by atoms with E-state index in [1.165, 1.54) is 0 Å². The molecule has 0 aliphatic heterocycles. The summed E-state index contributed by atoms with van der Waals surface area (Å²) in [5, 5.41) is 5.77. The van der Waals surface area contributed by atoms with Crippen LogP contribution in [-0.4, -0.2) is 24.0 Å². The number of hydrogen-bond donors (Lipinski definition) is 2. The molecule has 0 radical (unpaired) electrons. The zero-order valence-corrected chi connectivity index (χ0v) is 16.4. The van der Waals surface area contributed by atoms with Crippen molar-refractivity contribution in [1.29, 1.82) is 0 Å². The number of nitrogens with one attached hydrogen (secondary N) is 2. The van der Waals surface area contributed by atoms with Crippen LogP contribution < -0.4 is 15.4 Å². The first kappa shape index (κ1) is 20.5. The van der Waals surface area contributed by atoms with Gasteiger partial charge in [0.15, 0.2) is 6.10 Å². The summed E-state index contributed by atoms with van der Waals surface area (Å²) in [6.45, 7) is 7.84. The van der Waals surface area contributed by atoms with Crippen LogP contribution in [0, 0.1) is 6.92 Å². The average molecular weight is 368 g/mol. The lowest BCUT2D eigenvalue weighted by atomic mass is 10.1. The lowest BCUT2D eigenvalue weighted by Crippen LogP contribution is -2.35. The number of amides is 2. The molecular formula is C22H28N2O3. The Kier molecular flexibility index (Phi) is 7.41. The third-order valence-corrected chi connectivity index (χ3v) is 4.38. The number of carbonyl (C=O) groups excluding carboxylic acids is 2. The smallest absolute Gasteiger partial charge is 0.265 e. The van der Waals surface area contributed by atoms with Gasteiger partial charge in [0.05, 0.1) is 11.3 Å². The van der Waals surface area contributed by atoms with E-state index in [1.807, 2.05) is 52.0 Å². The van der Waals surface area contributed by atoms with Crippen LogP contribution >= 0.6 is 0 Å². The van der Waals surface area contributed by atoms with E-state index in [4.69, 9.17) is 4.74 Å². The first-order valence-corrected chi connectivity index (χ1v) is 9.38. The van der Waals surface area contributed by atoms with Gasteiger partial charge in [-0.25, -0.2) is 0 Å². The van der Waals surface area contributed by atoms with Gasteiger partial charge in [-0.2, -0.15) is 0 Å². The topological polar surface area (TPSA) is 67.4 Å². The van der Waals surface area contributed by atoms with Crippen LogP contribution in [-0.2, 0) is 4.79 Å². The second-order valence-corrected chi connectivity index (χ2v) is 6.65. The van der Waals surface area contributed by atoms with Crippen LogP contribution in [0.5, 0.6) is 5.75 Å². The molecule has 2 amide bonds. The molecule has 2 rings (SSSR count). The minimum absolute atomic E-state index is 0.0644. The fraction of sp³-hybridized carbons (Fsp3) is 0.364. The zero-order valence-electron chi connectivity index (χ0n) is 16.4. The lowest BCUT2D eigenvalue weighted by molar-refractivity contribution is -0.122. The van der Waals surface area contributed by atoms with E-state index in [2.05, 4.69) is 10.6 Å². The molecule has 5 nitrogen and oxygen atoms in total. The summed E-state index contributed by atoms with van der Waals surface area (Å²) in [7, 11) is 0. The van der Waals surface area contributed by atoms with Crippen LogP contribution in [0.1, 0.15) is 49.5 Å². The molecule has 0 heterocycles. The molecule has 0 unspecified atom stereocenters. The Morgan fingerprint density at radius 2 is 1.67 bits per heavy atom. The molecule has 27 heavy (non-hydrogen) atoms. The highest BCUT2D eigenvalue weighted by Crippen LogP contribution is 2.19. The predicted molar refractivity (Wildman–Crippen MR) is 108 cm³/mol. The number of para-hydroxylation sites is 1. The molecular weight excluding hydrogens is 340 g/mol. The quantitative estimate of drug-likeness (QED) is 0.729. The van der Waals surface area contributed by atoms with E-state index in [1.54, 1.807) is 24.3 Å². The maximum absolute atomic E-state index is 12.7. The third-order valence-electron chi connectivity index (χ3n) is 4.38. The summed E-state index contributed by atoms with van der Waals surface area (Å²) in [5.74, 6) is 0.167. The molecule has 144 valence electrons.